The Bertz CT molecular complexity index is 3180. The fourth-order valence-electron chi connectivity index (χ4n) is 8.44. The van der Waals surface area contributed by atoms with Crippen LogP contribution in [0.15, 0.2) is 206 Å². The fraction of sp³-hybridized carbons (Fsp3) is 0. The first-order valence-corrected chi connectivity index (χ1v) is 19.6. The van der Waals surface area contributed by atoms with Crippen molar-refractivity contribution in [2.24, 2.45) is 0 Å². The van der Waals surface area contributed by atoms with E-state index in [4.69, 9.17) is 0 Å². The van der Waals surface area contributed by atoms with Crippen molar-refractivity contribution in [3.8, 4) is 27.9 Å². The number of thiophene rings is 1. The summed E-state index contributed by atoms with van der Waals surface area (Å²) in [6.45, 7) is 0. The first-order valence-electron chi connectivity index (χ1n) is 18.8. The Hall–Kier alpha value is -6.94. The molecule has 0 N–H and O–H groups in total. The van der Waals surface area contributed by atoms with E-state index < -0.39 is 0 Å². The average Bonchev–Trinajstić information content (AvgIpc) is 3.81. The van der Waals surface area contributed by atoms with Crippen molar-refractivity contribution in [1.29, 1.82) is 0 Å². The van der Waals surface area contributed by atoms with Gasteiger partial charge in [0.1, 0.15) is 0 Å². The Morgan fingerprint density at radius 3 is 1.73 bits per heavy atom. The molecule has 0 aliphatic carbocycles. The lowest BCUT2D eigenvalue weighted by Crippen LogP contribution is -2.10. The summed E-state index contributed by atoms with van der Waals surface area (Å²) >= 11 is 1.87. The van der Waals surface area contributed by atoms with Gasteiger partial charge < -0.3 is 9.47 Å². The minimum absolute atomic E-state index is 1.10. The maximum atomic E-state index is 2.42. The summed E-state index contributed by atoms with van der Waals surface area (Å²) in [6, 6.07) is 75.1. The molecule has 9 aromatic carbocycles. The molecule has 2 nitrogen and oxygen atoms in total. The van der Waals surface area contributed by atoms with Crippen molar-refractivity contribution in [2.45, 2.75) is 0 Å². The van der Waals surface area contributed by atoms with Crippen LogP contribution in [0.3, 0.4) is 0 Å². The number of benzene rings is 9. The number of para-hydroxylation sites is 2. The molecule has 0 radical (unpaired) electrons. The van der Waals surface area contributed by atoms with Crippen LogP contribution in [-0.4, -0.2) is 4.57 Å². The van der Waals surface area contributed by atoms with Gasteiger partial charge in [-0.3, -0.25) is 0 Å². The molecule has 0 bridgehead atoms. The summed E-state index contributed by atoms with van der Waals surface area (Å²) in [5.41, 5.74) is 11.7. The van der Waals surface area contributed by atoms with Crippen molar-refractivity contribution >= 4 is 81.1 Å². The van der Waals surface area contributed by atoms with Gasteiger partial charge in [0.05, 0.1) is 16.7 Å². The SMILES string of the molecule is c1ccc(-c2ccc(N(c3ccc(-c4ccc5c(ccc6sc7ccccc7c65)c4)cc3)c3cccc4c3c3ccccc3n4-c3ccccc3)cc2)cc1. The second kappa shape index (κ2) is 12.9. The molecule has 258 valence electrons. The molecular formula is C52H34N2S. The number of aromatic nitrogens is 1. The Morgan fingerprint density at radius 2 is 0.964 bits per heavy atom. The van der Waals surface area contributed by atoms with Gasteiger partial charge in [-0.2, -0.15) is 0 Å². The van der Waals surface area contributed by atoms with Crippen molar-refractivity contribution < 1.29 is 0 Å². The molecule has 0 aliphatic heterocycles. The molecule has 2 heterocycles. The highest BCUT2D eigenvalue weighted by molar-refractivity contribution is 7.26. The molecule has 55 heavy (non-hydrogen) atoms. The number of anilines is 3. The molecule has 0 atom stereocenters. The molecule has 2 aromatic heterocycles. The highest BCUT2D eigenvalue weighted by Gasteiger charge is 2.21. The number of fused-ring (bicyclic) bond motifs is 8. The van der Waals surface area contributed by atoms with Gasteiger partial charge in [-0.1, -0.05) is 133 Å². The van der Waals surface area contributed by atoms with E-state index in [0.29, 0.717) is 0 Å². The predicted octanol–water partition coefficient (Wildman–Crippen LogP) is 15.1. The zero-order valence-electron chi connectivity index (χ0n) is 29.9. The van der Waals surface area contributed by atoms with E-state index in [9.17, 15) is 0 Å². The van der Waals surface area contributed by atoms with E-state index >= 15 is 0 Å². The molecule has 0 saturated carbocycles. The van der Waals surface area contributed by atoms with Crippen LogP contribution >= 0.6 is 11.3 Å². The van der Waals surface area contributed by atoms with E-state index in [1.807, 2.05) is 11.3 Å². The third-order valence-electron chi connectivity index (χ3n) is 11.0. The molecule has 0 unspecified atom stereocenters. The highest BCUT2D eigenvalue weighted by atomic mass is 32.1. The van der Waals surface area contributed by atoms with Crippen LogP contribution in [-0.2, 0) is 0 Å². The maximum Gasteiger partial charge on any atom is 0.0562 e. The molecule has 3 heteroatoms. The minimum Gasteiger partial charge on any atom is -0.310 e. The van der Waals surface area contributed by atoms with Crippen LogP contribution in [0.5, 0.6) is 0 Å². The quantitative estimate of drug-likeness (QED) is 0.166. The Balaban J connectivity index is 1.06. The van der Waals surface area contributed by atoms with Gasteiger partial charge in [0.15, 0.2) is 0 Å². The average molecular weight is 719 g/mol. The van der Waals surface area contributed by atoms with Crippen LogP contribution in [0, 0.1) is 0 Å². The first kappa shape index (κ1) is 31.6. The van der Waals surface area contributed by atoms with Crippen molar-refractivity contribution in [3.63, 3.8) is 0 Å². The van der Waals surface area contributed by atoms with E-state index in [0.717, 1.165) is 22.7 Å². The lowest BCUT2D eigenvalue weighted by molar-refractivity contribution is 1.18. The minimum atomic E-state index is 1.10. The molecule has 0 amide bonds. The third kappa shape index (κ3) is 5.24. The van der Waals surface area contributed by atoms with E-state index in [2.05, 4.69) is 216 Å². The Morgan fingerprint density at radius 1 is 0.364 bits per heavy atom. The summed E-state index contributed by atoms with van der Waals surface area (Å²) in [7, 11) is 0. The number of hydrogen-bond acceptors (Lipinski definition) is 2. The van der Waals surface area contributed by atoms with Crippen molar-refractivity contribution in [2.75, 3.05) is 4.90 Å². The summed E-state index contributed by atoms with van der Waals surface area (Å²) in [6.07, 6.45) is 0. The lowest BCUT2D eigenvalue weighted by atomic mass is 9.98. The van der Waals surface area contributed by atoms with Crippen LogP contribution in [0.4, 0.5) is 17.1 Å². The largest absolute Gasteiger partial charge is 0.310 e. The van der Waals surface area contributed by atoms with Gasteiger partial charge in [-0.05, 0) is 106 Å². The zero-order chi connectivity index (χ0) is 36.3. The maximum absolute atomic E-state index is 2.42. The second-order valence-corrected chi connectivity index (χ2v) is 15.2. The summed E-state index contributed by atoms with van der Waals surface area (Å²) in [5.74, 6) is 0. The molecular weight excluding hydrogens is 685 g/mol. The predicted molar refractivity (Wildman–Crippen MR) is 237 cm³/mol. The standard InChI is InChI=1S/C52H34N2S/c1-3-12-35(13-4-1)36-22-28-41(29-23-36)53(47-19-11-20-48-52(47)44-16-7-9-18-46(44)54(48)40-14-5-2-6-15-40)42-30-24-37(25-31-42)38-26-32-43-39(34-38)27-33-50-51(43)45-17-8-10-21-49(45)55-50/h1-34H. The normalized spacial score (nSPS) is 11.6. The topological polar surface area (TPSA) is 8.17 Å². The summed E-state index contributed by atoms with van der Waals surface area (Å²) in [4.78, 5) is 2.42. The molecule has 0 spiro atoms. The zero-order valence-corrected chi connectivity index (χ0v) is 30.7. The summed E-state index contributed by atoms with van der Waals surface area (Å²) < 4.78 is 5.06. The smallest absolute Gasteiger partial charge is 0.0562 e. The molecule has 0 saturated heterocycles. The van der Waals surface area contributed by atoms with E-state index in [1.54, 1.807) is 0 Å². The lowest BCUT2D eigenvalue weighted by Gasteiger charge is -2.27. The van der Waals surface area contributed by atoms with Gasteiger partial charge in [-0.15, -0.1) is 11.3 Å². The van der Waals surface area contributed by atoms with Crippen LogP contribution in [0.1, 0.15) is 0 Å². The van der Waals surface area contributed by atoms with Gasteiger partial charge in [0.25, 0.3) is 0 Å². The van der Waals surface area contributed by atoms with Crippen LogP contribution in [0.2, 0.25) is 0 Å². The van der Waals surface area contributed by atoms with Gasteiger partial charge in [-0.25, -0.2) is 0 Å². The number of hydrogen-bond donors (Lipinski definition) is 0. The van der Waals surface area contributed by atoms with E-state index in [-0.39, 0.29) is 0 Å². The van der Waals surface area contributed by atoms with Crippen LogP contribution in [0.25, 0.3) is 80.7 Å². The van der Waals surface area contributed by atoms with Crippen LogP contribution < -0.4 is 4.90 Å². The van der Waals surface area contributed by atoms with Crippen molar-refractivity contribution in [1.82, 2.24) is 4.57 Å². The third-order valence-corrected chi connectivity index (χ3v) is 12.1. The first-order chi connectivity index (χ1) is 27.3. The summed E-state index contributed by atoms with van der Waals surface area (Å²) in [5, 5.41) is 7.71. The Kier molecular flexibility index (Phi) is 7.39. The molecule has 11 rings (SSSR count). The second-order valence-electron chi connectivity index (χ2n) is 14.1. The van der Waals surface area contributed by atoms with Gasteiger partial charge in [0.2, 0.25) is 0 Å². The highest BCUT2D eigenvalue weighted by Crippen LogP contribution is 2.45. The monoisotopic (exact) mass is 718 g/mol. The van der Waals surface area contributed by atoms with Gasteiger partial charge >= 0.3 is 0 Å². The molecule has 0 fully saturated rings. The molecule has 0 aliphatic rings. The number of nitrogens with zero attached hydrogens (tertiary/aromatic N) is 2. The van der Waals surface area contributed by atoms with E-state index in [1.165, 1.54) is 75.0 Å². The van der Waals surface area contributed by atoms with Gasteiger partial charge in [0, 0.05) is 48.0 Å². The van der Waals surface area contributed by atoms with Crippen molar-refractivity contribution in [3.05, 3.63) is 206 Å². The number of rotatable bonds is 6. The molecule has 11 aromatic rings. The fourth-order valence-corrected chi connectivity index (χ4v) is 9.56. The Labute approximate surface area is 323 Å².